The van der Waals surface area contributed by atoms with E-state index in [0.717, 1.165) is 16.7 Å². The number of aliphatic hydroxyl groups excluding tert-OH is 2. The zero-order valence-electron chi connectivity index (χ0n) is 21.0. The number of nitrogens with one attached hydrogen (secondary N) is 1. The summed E-state index contributed by atoms with van der Waals surface area (Å²) in [5.74, 6) is -3.86. The average Bonchev–Trinajstić information content (AvgIpc) is 2.89. The Morgan fingerprint density at radius 1 is 1.10 bits per heavy atom. The lowest BCUT2D eigenvalue weighted by molar-refractivity contribution is -0.147. The van der Waals surface area contributed by atoms with Crippen LogP contribution in [0.5, 0.6) is 5.75 Å². The van der Waals surface area contributed by atoms with E-state index in [9.17, 15) is 34.8 Å². The van der Waals surface area contributed by atoms with Crippen LogP contribution >= 0.6 is 0 Å². The Balaban J connectivity index is 1.55. The molecule has 0 bridgehead atoms. The second-order valence-corrected chi connectivity index (χ2v) is 10.2. The number of benzene rings is 2. The molecule has 3 aliphatic rings. The second-order valence-electron chi connectivity index (χ2n) is 10.2. The third-order valence-corrected chi connectivity index (χ3v) is 7.99. The van der Waals surface area contributed by atoms with Gasteiger partial charge in [-0.15, -0.1) is 12.3 Å². The highest BCUT2D eigenvalue weighted by Crippen LogP contribution is 2.53. The van der Waals surface area contributed by atoms with Crippen molar-refractivity contribution >= 4 is 23.2 Å². The van der Waals surface area contributed by atoms with Gasteiger partial charge in [-0.2, -0.15) is 0 Å². The lowest BCUT2D eigenvalue weighted by Crippen LogP contribution is -2.58. The van der Waals surface area contributed by atoms with Crippen LogP contribution in [-0.4, -0.2) is 50.0 Å². The van der Waals surface area contributed by atoms with Crippen LogP contribution in [0.25, 0.3) is 16.9 Å². The van der Waals surface area contributed by atoms with E-state index in [-0.39, 0.29) is 36.1 Å². The summed E-state index contributed by atoms with van der Waals surface area (Å²) in [7, 11) is 0. The molecule has 3 atom stereocenters. The second kappa shape index (κ2) is 9.73. The Kier molecular flexibility index (Phi) is 6.54. The molecule has 0 aliphatic heterocycles. The molecule has 9 nitrogen and oxygen atoms in total. The smallest absolute Gasteiger partial charge is 0.255 e. The third kappa shape index (κ3) is 4.09. The summed E-state index contributed by atoms with van der Waals surface area (Å²) in [4.78, 5) is 37.9. The number of phenolic OH excluding ortho intramolecular Hbond substituents is 1. The summed E-state index contributed by atoms with van der Waals surface area (Å²) in [5.41, 5.74) is 5.03. The number of amides is 1. The van der Waals surface area contributed by atoms with E-state index < -0.39 is 52.0 Å². The number of hydrogen-bond acceptors (Lipinski definition) is 8. The lowest BCUT2D eigenvalue weighted by atomic mass is 9.59. The zero-order chi connectivity index (χ0) is 28.1. The van der Waals surface area contributed by atoms with Crippen LogP contribution in [-0.2, 0) is 27.3 Å². The highest BCUT2D eigenvalue weighted by atomic mass is 16.3. The molecule has 0 radical (unpaired) electrons. The molecule has 0 heterocycles. The van der Waals surface area contributed by atoms with E-state index in [1.807, 2.05) is 24.3 Å². The minimum absolute atomic E-state index is 0.0691. The lowest BCUT2D eigenvalue weighted by Gasteiger charge is -2.46. The molecule has 2 aromatic carbocycles. The third-order valence-electron chi connectivity index (χ3n) is 7.99. The SMILES string of the molecule is C#CCCNCc1ccc(-c2ccc(O)c3c2C[C@H]2C[C@H]4CC(=O)C(C(N)=O)=C(O)[C@@]4(O)C(=O)C2=C3O)cc1. The quantitative estimate of drug-likeness (QED) is 0.188. The number of rotatable bonds is 6. The van der Waals surface area contributed by atoms with Gasteiger partial charge in [0.15, 0.2) is 11.4 Å². The van der Waals surface area contributed by atoms with E-state index in [2.05, 4.69) is 11.2 Å². The first-order chi connectivity index (χ1) is 18.6. The van der Waals surface area contributed by atoms with Gasteiger partial charge < -0.3 is 31.5 Å². The molecule has 1 fully saturated rings. The first kappa shape index (κ1) is 26.2. The fourth-order valence-corrected chi connectivity index (χ4v) is 6.09. The number of carbonyl (C=O) groups excluding carboxylic acids is 3. The summed E-state index contributed by atoms with van der Waals surface area (Å²) < 4.78 is 0. The van der Waals surface area contributed by atoms with Gasteiger partial charge >= 0.3 is 0 Å². The first-order valence-electron chi connectivity index (χ1n) is 12.6. The Bertz CT molecular complexity index is 1510. The molecule has 5 rings (SSSR count). The zero-order valence-corrected chi connectivity index (χ0v) is 21.0. The maximum Gasteiger partial charge on any atom is 0.255 e. The molecule has 7 N–H and O–H groups in total. The van der Waals surface area contributed by atoms with Crippen LogP contribution < -0.4 is 11.1 Å². The number of primary amides is 1. The molecule has 1 saturated carbocycles. The van der Waals surface area contributed by atoms with E-state index in [1.54, 1.807) is 6.07 Å². The summed E-state index contributed by atoms with van der Waals surface area (Å²) in [6.45, 7) is 1.35. The van der Waals surface area contributed by atoms with Crippen LogP contribution in [0, 0.1) is 24.2 Å². The van der Waals surface area contributed by atoms with Gasteiger partial charge in [-0.3, -0.25) is 14.4 Å². The van der Waals surface area contributed by atoms with Crippen molar-refractivity contribution in [3.63, 3.8) is 0 Å². The number of aromatic hydroxyl groups is 1. The molecule has 9 heteroatoms. The van der Waals surface area contributed by atoms with E-state index >= 15 is 0 Å². The van der Waals surface area contributed by atoms with Crippen molar-refractivity contribution in [2.24, 2.45) is 17.6 Å². The fraction of sp³-hybridized carbons (Fsp3) is 0.300. The number of nitrogens with two attached hydrogens (primary N) is 1. The van der Waals surface area contributed by atoms with Crippen molar-refractivity contribution in [2.75, 3.05) is 6.54 Å². The van der Waals surface area contributed by atoms with E-state index in [0.29, 0.717) is 25.1 Å². The highest BCUT2D eigenvalue weighted by molar-refractivity contribution is 6.22. The number of aliphatic hydroxyl groups is 3. The van der Waals surface area contributed by atoms with Crippen LogP contribution in [0.2, 0.25) is 0 Å². The van der Waals surface area contributed by atoms with Gasteiger partial charge in [-0.25, -0.2) is 0 Å². The number of Topliss-reactive ketones (excluding diaryl/α,β-unsaturated/α-hetero) is 2. The molecule has 200 valence electrons. The average molecular weight is 529 g/mol. The molecule has 39 heavy (non-hydrogen) atoms. The monoisotopic (exact) mass is 528 g/mol. The minimum Gasteiger partial charge on any atom is -0.508 e. The Labute approximate surface area is 224 Å². The number of terminal acetylenes is 1. The molecule has 0 saturated heterocycles. The van der Waals surface area contributed by atoms with Gasteiger partial charge in [0, 0.05) is 37.4 Å². The molecule has 0 aromatic heterocycles. The summed E-state index contributed by atoms with van der Waals surface area (Å²) >= 11 is 0. The molecule has 1 amide bonds. The molecule has 0 spiro atoms. The van der Waals surface area contributed by atoms with Gasteiger partial charge in [0.2, 0.25) is 5.78 Å². The topological polar surface area (TPSA) is 170 Å². The standard InChI is InChI=1S/C30H28N2O7/c1-2-3-10-32-14-15-4-6-16(7-5-15)19-8-9-21(33)24-20(19)12-17-11-18-13-22(34)25(29(31)38)28(37)30(18,39)27(36)23(17)26(24)35/h1,4-9,17-18,32-33,35,37,39H,3,10-14H2,(H2,31,38)/t17-,18+,30+/m1/s1. The minimum atomic E-state index is -2.58. The molecule has 2 aromatic rings. The molecular formula is C30H28N2O7. The van der Waals surface area contributed by atoms with Crippen molar-refractivity contribution in [1.82, 2.24) is 5.32 Å². The van der Waals surface area contributed by atoms with Crippen LogP contribution in [0.4, 0.5) is 0 Å². The summed E-state index contributed by atoms with van der Waals surface area (Å²) in [5, 5.41) is 47.3. The Morgan fingerprint density at radius 2 is 1.82 bits per heavy atom. The van der Waals surface area contributed by atoms with Gasteiger partial charge in [-0.05, 0) is 47.1 Å². The van der Waals surface area contributed by atoms with Crippen LogP contribution in [0.15, 0.2) is 53.3 Å². The number of ketones is 2. The summed E-state index contributed by atoms with van der Waals surface area (Å²) in [6.07, 6.45) is 5.89. The van der Waals surface area contributed by atoms with E-state index in [1.165, 1.54) is 6.07 Å². The van der Waals surface area contributed by atoms with Crippen molar-refractivity contribution in [2.45, 2.75) is 37.8 Å². The highest BCUT2D eigenvalue weighted by Gasteiger charge is 2.60. The first-order valence-corrected chi connectivity index (χ1v) is 12.6. The Morgan fingerprint density at radius 3 is 2.49 bits per heavy atom. The van der Waals surface area contributed by atoms with Crippen LogP contribution in [0.1, 0.15) is 36.0 Å². The Hall–Kier alpha value is -4.39. The van der Waals surface area contributed by atoms with Crippen molar-refractivity contribution in [3.05, 3.63) is 70.0 Å². The van der Waals surface area contributed by atoms with Gasteiger partial charge in [-0.1, -0.05) is 30.3 Å². The molecular weight excluding hydrogens is 500 g/mol. The summed E-state index contributed by atoms with van der Waals surface area (Å²) in [6, 6.07) is 11.0. The number of fused-ring (bicyclic) bond motifs is 3. The molecule has 3 aliphatic carbocycles. The van der Waals surface area contributed by atoms with Gasteiger partial charge in [0.25, 0.3) is 5.91 Å². The number of carbonyl (C=O) groups is 3. The maximum absolute atomic E-state index is 13.6. The van der Waals surface area contributed by atoms with Crippen molar-refractivity contribution in [3.8, 4) is 29.2 Å². The van der Waals surface area contributed by atoms with E-state index in [4.69, 9.17) is 12.2 Å². The van der Waals surface area contributed by atoms with Crippen LogP contribution in [0.3, 0.4) is 0 Å². The van der Waals surface area contributed by atoms with Gasteiger partial charge in [0.1, 0.15) is 22.8 Å². The number of hydrogen-bond donors (Lipinski definition) is 6. The van der Waals surface area contributed by atoms with Crippen molar-refractivity contribution < 1.29 is 34.8 Å². The van der Waals surface area contributed by atoms with Gasteiger partial charge in [0.05, 0.1) is 5.56 Å². The molecule has 0 unspecified atom stereocenters. The predicted molar refractivity (Wildman–Crippen MR) is 142 cm³/mol. The van der Waals surface area contributed by atoms with Crippen molar-refractivity contribution in [1.29, 1.82) is 0 Å². The largest absolute Gasteiger partial charge is 0.508 e. The predicted octanol–water partition coefficient (Wildman–Crippen LogP) is 2.20. The maximum atomic E-state index is 13.6. The number of phenols is 1. The normalized spacial score (nSPS) is 24.1. The fourth-order valence-electron chi connectivity index (χ4n) is 6.09.